The fraction of sp³-hybridized carbons (Fsp3) is 0.158. The number of nitrogens with zero attached hydrogens (tertiary/aromatic N) is 1. The second-order valence-corrected chi connectivity index (χ2v) is 7.80. The van der Waals surface area contributed by atoms with Gasteiger partial charge in [0.25, 0.3) is 0 Å². The van der Waals surface area contributed by atoms with Gasteiger partial charge < -0.3 is 9.47 Å². The Morgan fingerprint density at radius 1 is 1.12 bits per heavy atom. The number of Topliss-reactive ketones (excluding diaryl/α,β-unsaturated/α-hetero) is 1. The number of thiazole rings is 1. The maximum Gasteiger partial charge on any atom is 0.173 e. The molecular weight excluding hydrogens is 390 g/mol. The standard InChI is InChI=1S/C19H16ClNO3S2/c1-23-17-8-5-13(9-18(17)24-2)16(22)11-26-19-21-15(10-25-19)12-3-6-14(20)7-4-12/h3-10H,11H2,1-2H3. The summed E-state index contributed by atoms with van der Waals surface area (Å²) in [4.78, 5) is 17.0. The summed E-state index contributed by atoms with van der Waals surface area (Å²) in [7, 11) is 3.12. The van der Waals surface area contributed by atoms with Crippen LogP contribution in [-0.4, -0.2) is 30.7 Å². The van der Waals surface area contributed by atoms with Gasteiger partial charge in [-0.25, -0.2) is 4.98 Å². The molecule has 0 unspecified atom stereocenters. The molecule has 7 heteroatoms. The third kappa shape index (κ3) is 4.38. The lowest BCUT2D eigenvalue weighted by molar-refractivity contribution is 0.102. The molecule has 0 aliphatic carbocycles. The summed E-state index contributed by atoms with van der Waals surface area (Å²) in [6, 6.07) is 12.7. The first-order chi connectivity index (χ1) is 12.6. The Bertz CT molecular complexity index is 909. The van der Waals surface area contributed by atoms with Crippen LogP contribution in [0.4, 0.5) is 0 Å². The van der Waals surface area contributed by atoms with Crippen LogP contribution in [0.3, 0.4) is 0 Å². The first-order valence-corrected chi connectivity index (χ1v) is 9.94. The smallest absolute Gasteiger partial charge is 0.173 e. The van der Waals surface area contributed by atoms with Gasteiger partial charge in [-0.1, -0.05) is 35.5 Å². The van der Waals surface area contributed by atoms with Gasteiger partial charge in [-0.3, -0.25) is 4.79 Å². The molecule has 134 valence electrons. The van der Waals surface area contributed by atoms with Crippen LogP contribution in [0.5, 0.6) is 11.5 Å². The number of thioether (sulfide) groups is 1. The second kappa shape index (κ2) is 8.58. The van der Waals surface area contributed by atoms with Crippen molar-refractivity contribution in [1.29, 1.82) is 0 Å². The van der Waals surface area contributed by atoms with Crippen molar-refractivity contribution in [1.82, 2.24) is 4.98 Å². The number of carbonyl (C=O) groups is 1. The second-order valence-electron chi connectivity index (χ2n) is 5.29. The molecule has 0 amide bonds. The zero-order valence-electron chi connectivity index (χ0n) is 14.2. The molecule has 0 saturated carbocycles. The van der Waals surface area contributed by atoms with E-state index < -0.39 is 0 Å². The molecule has 3 aromatic rings. The summed E-state index contributed by atoms with van der Waals surface area (Å²) in [6.07, 6.45) is 0. The molecule has 0 saturated heterocycles. The van der Waals surface area contributed by atoms with E-state index in [0.29, 0.717) is 27.8 Å². The molecular formula is C19H16ClNO3S2. The number of carbonyl (C=O) groups excluding carboxylic acids is 1. The van der Waals surface area contributed by atoms with Gasteiger partial charge in [-0.05, 0) is 30.3 Å². The van der Waals surface area contributed by atoms with Crippen LogP contribution in [0.2, 0.25) is 5.02 Å². The van der Waals surface area contributed by atoms with Gasteiger partial charge in [0.1, 0.15) is 0 Å². The predicted molar refractivity (Wildman–Crippen MR) is 107 cm³/mol. The molecule has 1 aromatic heterocycles. The first kappa shape index (κ1) is 18.8. The summed E-state index contributed by atoms with van der Waals surface area (Å²) in [5, 5.41) is 2.67. The SMILES string of the molecule is COc1ccc(C(=O)CSc2nc(-c3ccc(Cl)cc3)cs2)cc1OC. The number of methoxy groups -OCH3 is 2. The van der Waals surface area contributed by atoms with Gasteiger partial charge in [0.05, 0.1) is 25.7 Å². The molecule has 0 bridgehead atoms. The third-order valence-corrected chi connectivity index (χ3v) is 5.93. The highest BCUT2D eigenvalue weighted by atomic mass is 35.5. The van der Waals surface area contributed by atoms with Crippen molar-refractivity contribution >= 4 is 40.5 Å². The summed E-state index contributed by atoms with van der Waals surface area (Å²) in [5.74, 6) is 1.47. The van der Waals surface area contributed by atoms with Crippen LogP contribution >= 0.6 is 34.7 Å². The molecule has 4 nitrogen and oxygen atoms in total. The highest BCUT2D eigenvalue weighted by Crippen LogP contribution is 2.31. The van der Waals surface area contributed by atoms with Crippen LogP contribution in [-0.2, 0) is 0 Å². The molecule has 0 fully saturated rings. The molecule has 0 aliphatic rings. The lowest BCUT2D eigenvalue weighted by Crippen LogP contribution is -2.03. The molecule has 0 radical (unpaired) electrons. The molecule has 26 heavy (non-hydrogen) atoms. The van der Waals surface area contributed by atoms with Crippen molar-refractivity contribution in [2.75, 3.05) is 20.0 Å². The average Bonchev–Trinajstić information content (AvgIpc) is 3.15. The minimum absolute atomic E-state index is 0.0131. The zero-order valence-corrected chi connectivity index (χ0v) is 16.6. The number of rotatable bonds is 7. The van der Waals surface area contributed by atoms with Gasteiger partial charge in [-0.2, -0.15) is 0 Å². The lowest BCUT2D eigenvalue weighted by atomic mass is 10.1. The van der Waals surface area contributed by atoms with E-state index in [1.165, 1.54) is 23.1 Å². The number of aromatic nitrogens is 1. The number of hydrogen-bond donors (Lipinski definition) is 0. The third-order valence-electron chi connectivity index (χ3n) is 3.66. The predicted octanol–water partition coefficient (Wildman–Crippen LogP) is 5.46. The molecule has 3 rings (SSSR count). The van der Waals surface area contributed by atoms with E-state index in [1.807, 2.05) is 29.6 Å². The van der Waals surface area contributed by atoms with Gasteiger partial charge in [0.2, 0.25) is 0 Å². The number of benzene rings is 2. The monoisotopic (exact) mass is 405 g/mol. The number of ether oxygens (including phenoxy) is 2. The van der Waals surface area contributed by atoms with Crippen molar-refractivity contribution < 1.29 is 14.3 Å². The Morgan fingerprint density at radius 3 is 2.54 bits per heavy atom. The van der Waals surface area contributed by atoms with Crippen molar-refractivity contribution in [3.05, 3.63) is 58.4 Å². The van der Waals surface area contributed by atoms with Gasteiger partial charge >= 0.3 is 0 Å². The normalized spacial score (nSPS) is 10.6. The summed E-state index contributed by atoms with van der Waals surface area (Å²) in [5.41, 5.74) is 2.47. The fourth-order valence-corrected chi connectivity index (χ4v) is 4.15. The zero-order chi connectivity index (χ0) is 18.5. The molecule has 0 N–H and O–H groups in total. The Morgan fingerprint density at radius 2 is 1.85 bits per heavy atom. The van der Waals surface area contributed by atoms with Crippen molar-refractivity contribution in [3.8, 4) is 22.8 Å². The number of halogens is 1. The Hall–Kier alpha value is -2.02. The molecule has 0 spiro atoms. The summed E-state index contributed by atoms with van der Waals surface area (Å²) < 4.78 is 11.3. The van der Waals surface area contributed by atoms with Gasteiger partial charge in [-0.15, -0.1) is 11.3 Å². The van der Waals surface area contributed by atoms with E-state index in [4.69, 9.17) is 21.1 Å². The Labute approximate surface area is 165 Å². The van der Waals surface area contributed by atoms with Crippen LogP contribution in [0.1, 0.15) is 10.4 Å². The van der Waals surface area contributed by atoms with Crippen LogP contribution in [0.15, 0.2) is 52.2 Å². The van der Waals surface area contributed by atoms with E-state index in [0.717, 1.165) is 15.6 Å². The van der Waals surface area contributed by atoms with E-state index in [1.54, 1.807) is 32.4 Å². The van der Waals surface area contributed by atoms with Crippen molar-refractivity contribution in [2.24, 2.45) is 0 Å². The number of hydrogen-bond acceptors (Lipinski definition) is 6. The van der Waals surface area contributed by atoms with Crippen molar-refractivity contribution in [2.45, 2.75) is 4.34 Å². The van der Waals surface area contributed by atoms with Crippen LogP contribution in [0, 0.1) is 0 Å². The molecule has 1 heterocycles. The Kier molecular flexibility index (Phi) is 6.19. The number of ketones is 1. The minimum Gasteiger partial charge on any atom is -0.493 e. The Balaban J connectivity index is 1.66. The van der Waals surface area contributed by atoms with Gasteiger partial charge in [0.15, 0.2) is 21.6 Å². The maximum atomic E-state index is 12.4. The summed E-state index contributed by atoms with van der Waals surface area (Å²) in [6.45, 7) is 0. The summed E-state index contributed by atoms with van der Waals surface area (Å²) >= 11 is 8.86. The minimum atomic E-state index is 0.0131. The van der Waals surface area contributed by atoms with E-state index >= 15 is 0 Å². The van der Waals surface area contributed by atoms with Crippen LogP contribution < -0.4 is 9.47 Å². The van der Waals surface area contributed by atoms with E-state index in [2.05, 4.69) is 4.98 Å². The molecule has 2 aromatic carbocycles. The quantitative estimate of drug-likeness (QED) is 0.386. The van der Waals surface area contributed by atoms with Crippen molar-refractivity contribution in [3.63, 3.8) is 0 Å². The average molecular weight is 406 g/mol. The van der Waals surface area contributed by atoms with Gasteiger partial charge in [0, 0.05) is 21.5 Å². The highest BCUT2D eigenvalue weighted by Gasteiger charge is 2.13. The lowest BCUT2D eigenvalue weighted by Gasteiger charge is -2.08. The molecule has 0 atom stereocenters. The fourth-order valence-electron chi connectivity index (χ4n) is 2.30. The van der Waals surface area contributed by atoms with Crippen LogP contribution in [0.25, 0.3) is 11.3 Å². The topological polar surface area (TPSA) is 48.4 Å². The largest absolute Gasteiger partial charge is 0.493 e. The van der Waals surface area contributed by atoms with E-state index in [9.17, 15) is 4.79 Å². The van der Waals surface area contributed by atoms with E-state index in [-0.39, 0.29) is 5.78 Å². The highest BCUT2D eigenvalue weighted by molar-refractivity contribution is 8.01. The maximum absolute atomic E-state index is 12.4. The first-order valence-electron chi connectivity index (χ1n) is 7.70. The molecule has 0 aliphatic heterocycles.